The number of hydrogen-bond acceptors (Lipinski definition) is 2. The fourth-order valence-electron chi connectivity index (χ4n) is 1.96. The molecule has 4 unspecified atom stereocenters. The van der Waals surface area contributed by atoms with E-state index < -0.39 is 0 Å². The fraction of sp³-hybridized carbons (Fsp3) is 1.00. The summed E-state index contributed by atoms with van der Waals surface area (Å²) in [5, 5.41) is 0. The first-order valence-electron chi connectivity index (χ1n) is 5.82. The molecule has 84 valence electrons. The molecule has 0 aliphatic heterocycles. The summed E-state index contributed by atoms with van der Waals surface area (Å²) < 4.78 is 6.04. The molecule has 0 heterocycles. The van der Waals surface area contributed by atoms with Crippen LogP contribution in [0.3, 0.4) is 0 Å². The molecule has 2 N–H and O–H groups in total. The highest BCUT2D eigenvalue weighted by Crippen LogP contribution is 2.45. The third kappa shape index (κ3) is 1.96. The first-order valence-corrected chi connectivity index (χ1v) is 5.82. The molecule has 2 nitrogen and oxygen atoms in total. The van der Waals surface area contributed by atoms with E-state index in [-0.39, 0.29) is 5.41 Å². The SMILES string of the molecule is CCC1(C)C(N)CC1OC(C)C(C)C. The molecule has 1 aliphatic rings. The van der Waals surface area contributed by atoms with Gasteiger partial charge in [0.05, 0.1) is 12.2 Å². The van der Waals surface area contributed by atoms with Gasteiger partial charge in [0.15, 0.2) is 0 Å². The van der Waals surface area contributed by atoms with Crippen molar-refractivity contribution < 1.29 is 4.74 Å². The van der Waals surface area contributed by atoms with Crippen molar-refractivity contribution >= 4 is 0 Å². The predicted octanol–water partition coefficient (Wildman–Crippen LogP) is 2.56. The molecule has 0 spiro atoms. The summed E-state index contributed by atoms with van der Waals surface area (Å²) in [6.45, 7) is 11.0. The van der Waals surface area contributed by atoms with E-state index in [1.807, 2.05) is 0 Å². The largest absolute Gasteiger partial charge is 0.374 e. The number of ether oxygens (including phenoxy) is 1. The second kappa shape index (κ2) is 4.19. The first kappa shape index (κ1) is 12.0. The Balaban J connectivity index is 2.48. The Morgan fingerprint density at radius 3 is 2.36 bits per heavy atom. The molecule has 0 radical (unpaired) electrons. The van der Waals surface area contributed by atoms with Crippen LogP contribution in [0, 0.1) is 11.3 Å². The van der Waals surface area contributed by atoms with Gasteiger partial charge in [-0.05, 0) is 25.7 Å². The zero-order chi connectivity index (χ0) is 10.9. The summed E-state index contributed by atoms with van der Waals surface area (Å²) in [4.78, 5) is 0. The minimum absolute atomic E-state index is 0.211. The van der Waals surface area contributed by atoms with Gasteiger partial charge in [-0.25, -0.2) is 0 Å². The number of nitrogens with two attached hydrogens (primary N) is 1. The second-order valence-corrected chi connectivity index (χ2v) is 5.28. The summed E-state index contributed by atoms with van der Waals surface area (Å²) in [6, 6.07) is 0.330. The zero-order valence-electron chi connectivity index (χ0n) is 10.2. The molecule has 0 aromatic rings. The van der Waals surface area contributed by atoms with E-state index in [0.717, 1.165) is 12.8 Å². The monoisotopic (exact) mass is 199 g/mol. The van der Waals surface area contributed by atoms with Crippen LogP contribution in [-0.2, 0) is 4.74 Å². The van der Waals surface area contributed by atoms with Crippen molar-refractivity contribution in [3.05, 3.63) is 0 Å². The second-order valence-electron chi connectivity index (χ2n) is 5.28. The van der Waals surface area contributed by atoms with Crippen LogP contribution in [0.4, 0.5) is 0 Å². The topological polar surface area (TPSA) is 35.2 Å². The highest BCUT2D eigenvalue weighted by atomic mass is 16.5. The van der Waals surface area contributed by atoms with Crippen LogP contribution in [0.1, 0.15) is 47.5 Å². The first-order chi connectivity index (χ1) is 6.41. The lowest BCUT2D eigenvalue weighted by atomic mass is 9.62. The van der Waals surface area contributed by atoms with Gasteiger partial charge in [-0.1, -0.05) is 27.7 Å². The van der Waals surface area contributed by atoms with E-state index in [9.17, 15) is 0 Å². The lowest BCUT2D eigenvalue weighted by Gasteiger charge is -2.52. The fourth-order valence-corrected chi connectivity index (χ4v) is 1.96. The molecule has 0 aromatic carbocycles. The van der Waals surface area contributed by atoms with Gasteiger partial charge < -0.3 is 10.5 Å². The minimum Gasteiger partial charge on any atom is -0.374 e. The smallest absolute Gasteiger partial charge is 0.0662 e. The van der Waals surface area contributed by atoms with Crippen molar-refractivity contribution in [2.45, 2.75) is 65.7 Å². The maximum Gasteiger partial charge on any atom is 0.0662 e. The number of hydrogen-bond donors (Lipinski definition) is 1. The van der Waals surface area contributed by atoms with E-state index in [4.69, 9.17) is 10.5 Å². The van der Waals surface area contributed by atoms with Crippen molar-refractivity contribution in [3.8, 4) is 0 Å². The van der Waals surface area contributed by atoms with Crippen molar-refractivity contribution in [2.75, 3.05) is 0 Å². The predicted molar refractivity (Wildman–Crippen MR) is 60.2 cm³/mol. The molecule has 1 fully saturated rings. The van der Waals surface area contributed by atoms with E-state index in [0.29, 0.717) is 24.2 Å². The van der Waals surface area contributed by atoms with Crippen LogP contribution in [0.5, 0.6) is 0 Å². The third-order valence-corrected chi connectivity index (χ3v) is 4.13. The molecule has 4 atom stereocenters. The normalized spacial score (nSPS) is 39.6. The molecule has 0 aromatic heterocycles. The minimum atomic E-state index is 0.211. The third-order valence-electron chi connectivity index (χ3n) is 4.13. The Hall–Kier alpha value is -0.0800. The number of rotatable bonds is 4. The molecule has 0 amide bonds. The molecule has 1 saturated carbocycles. The Labute approximate surface area is 88.2 Å². The highest BCUT2D eigenvalue weighted by molar-refractivity contribution is 5.03. The van der Waals surface area contributed by atoms with Gasteiger partial charge in [0.2, 0.25) is 0 Å². The van der Waals surface area contributed by atoms with Gasteiger partial charge in [0.1, 0.15) is 0 Å². The van der Waals surface area contributed by atoms with Gasteiger partial charge in [-0.2, -0.15) is 0 Å². The van der Waals surface area contributed by atoms with E-state index in [2.05, 4.69) is 34.6 Å². The van der Waals surface area contributed by atoms with Crippen LogP contribution in [0.15, 0.2) is 0 Å². The molecular formula is C12H25NO. The summed E-state index contributed by atoms with van der Waals surface area (Å²) in [5.74, 6) is 0.591. The Morgan fingerprint density at radius 1 is 1.43 bits per heavy atom. The summed E-state index contributed by atoms with van der Waals surface area (Å²) >= 11 is 0. The highest BCUT2D eigenvalue weighted by Gasteiger charge is 2.49. The lowest BCUT2D eigenvalue weighted by Crippen LogP contribution is -2.61. The molecule has 1 aliphatic carbocycles. The van der Waals surface area contributed by atoms with Crippen molar-refractivity contribution in [1.29, 1.82) is 0 Å². The Morgan fingerprint density at radius 2 is 2.00 bits per heavy atom. The summed E-state index contributed by atoms with van der Waals surface area (Å²) in [7, 11) is 0. The summed E-state index contributed by atoms with van der Waals surface area (Å²) in [6.07, 6.45) is 2.86. The average Bonchev–Trinajstić information content (AvgIpc) is 2.15. The van der Waals surface area contributed by atoms with Crippen LogP contribution < -0.4 is 5.73 Å². The molecule has 2 heteroatoms. The van der Waals surface area contributed by atoms with E-state index >= 15 is 0 Å². The molecule has 1 rings (SSSR count). The Kier molecular flexibility index (Phi) is 3.59. The van der Waals surface area contributed by atoms with Gasteiger partial charge in [0.25, 0.3) is 0 Å². The summed E-state index contributed by atoms with van der Waals surface area (Å²) in [5.41, 5.74) is 6.24. The molecule has 0 bridgehead atoms. The molecule has 14 heavy (non-hydrogen) atoms. The van der Waals surface area contributed by atoms with Crippen molar-refractivity contribution in [1.82, 2.24) is 0 Å². The molecule has 0 saturated heterocycles. The average molecular weight is 199 g/mol. The maximum absolute atomic E-state index is 6.04. The maximum atomic E-state index is 6.04. The Bertz CT molecular complexity index is 193. The van der Waals surface area contributed by atoms with Crippen LogP contribution in [0.2, 0.25) is 0 Å². The van der Waals surface area contributed by atoms with Crippen LogP contribution >= 0.6 is 0 Å². The van der Waals surface area contributed by atoms with Crippen LogP contribution in [-0.4, -0.2) is 18.2 Å². The standard InChI is InChI=1S/C12H25NO/c1-6-12(5)10(13)7-11(12)14-9(4)8(2)3/h8-11H,6-7,13H2,1-5H3. The van der Waals surface area contributed by atoms with E-state index in [1.54, 1.807) is 0 Å². The van der Waals surface area contributed by atoms with E-state index in [1.165, 1.54) is 0 Å². The van der Waals surface area contributed by atoms with Crippen molar-refractivity contribution in [2.24, 2.45) is 17.1 Å². The van der Waals surface area contributed by atoms with Gasteiger partial charge in [-0.15, -0.1) is 0 Å². The van der Waals surface area contributed by atoms with Gasteiger partial charge >= 0.3 is 0 Å². The lowest BCUT2D eigenvalue weighted by molar-refractivity contribution is -0.153. The molecular weight excluding hydrogens is 174 g/mol. The quantitative estimate of drug-likeness (QED) is 0.755. The van der Waals surface area contributed by atoms with Crippen molar-refractivity contribution in [3.63, 3.8) is 0 Å². The zero-order valence-corrected chi connectivity index (χ0v) is 10.2. The van der Waals surface area contributed by atoms with Gasteiger partial charge in [0, 0.05) is 11.5 Å². The van der Waals surface area contributed by atoms with Crippen LogP contribution in [0.25, 0.3) is 0 Å². The van der Waals surface area contributed by atoms with Gasteiger partial charge in [-0.3, -0.25) is 0 Å².